The Morgan fingerprint density at radius 1 is 0.972 bits per heavy atom. The van der Waals surface area contributed by atoms with E-state index in [1.807, 2.05) is 44.2 Å². The van der Waals surface area contributed by atoms with Crippen LogP contribution in [0.1, 0.15) is 48.9 Å². The maximum absolute atomic E-state index is 13.2. The summed E-state index contributed by atoms with van der Waals surface area (Å²) < 4.78 is 84.9. The standard InChI is InChI=1S/C25H29F6N3O2/c1-17(2)32-22(35)33-34-10-8-23(9-11-34,19-6-4-3-5-7-19)16-36-15-18-12-20(24(26,27)28)14-21(13-18)25(29,30)31/h3-7,12-14,17H,8-11,15-16H2,1-2H3,(H2,32,33,35). The minimum absolute atomic E-state index is 0.0275. The maximum Gasteiger partial charge on any atom is 0.416 e. The molecule has 1 saturated heterocycles. The summed E-state index contributed by atoms with van der Waals surface area (Å²) in [6, 6.07) is 10.5. The van der Waals surface area contributed by atoms with Gasteiger partial charge in [0.25, 0.3) is 0 Å². The van der Waals surface area contributed by atoms with Crippen molar-refractivity contribution in [3.8, 4) is 0 Å². The number of carbonyl (C=O) groups excluding carboxylic acids is 1. The fourth-order valence-corrected chi connectivity index (χ4v) is 4.26. The molecule has 36 heavy (non-hydrogen) atoms. The van der Waals surface area contributed by atoms with Crippen molar-refractivity contribution >= 4 is 6.03 Å². The van der Waals surface area contributed by atoms with E-state index in [0.29, 0.717) is 38.1 Å². The molecule has 2 aromatic rings. The number of rotatable bonds is 7. The second-order valence-corrected chi connectivity index (χ2v) is 9.28. The smallest absolute Gasteiger partial charge is 0.376 e. The van der Waals surface area contributed by atoms with Crippen LogP contribution in [-0.2, 0) is 29.1 Å². The average molecular weight is 518 g/mol. The number of benzene rings is 2. The Balaban J connectivity index is 1.73. The first-order valence-corrected chi connectivity index (χ1v) is 11.5. The van der Waals surface area contributed by atoms with E-state index in [1.165, 1.54) is 0 Å². The molecule has 2 aromatic carbocycles. The van der Waals surface area contributed by atoms with E-state index in [-0.39, 0.29) is 30.3 Å². The van der Waals surface area contributed by atoms with Gasteiger partial charge in [-0.05, 0) is 56.0 Å². The van der Waals surface area contributed by atoms with Crippen molar-refractivity contribution in [2.75, 3.05) is 19.7 Å². The van der Waals surface area contributed by atoms with Crippen molar-refractivity contribution in [3.63, 3.8) is 0 Å². The van der Waals surface area contributed by atoms with Gasteiger partial charge in [0, 0.05) is 24.5 Å². The highest BCUT2D eigenvalue weighted by Gasteiger charge is 2.38. The van der Waals surface area contributed by atoms with Crippen LogP contribution in [0.3, 0.4) is 0 Å². The number of halogens is 6. The molecule has 0 aromatic heterocycles. The lowest BCUT2D eigenvalue weighted by molar-refractivity contribution is -0.143. The molecule has 11 heteroatoms. The predicted octanol–water partition coefficient (Wildman–Crippen LogP) is 5.90. The van der Waals surface area contributed by atoms with Gasteiger partial charge in [-0.3, -0.25) is 5.43 Å². The molecule has 198 valence electrons. The molecule has 1 aliphatic rings. The summed E-state index contributed by atoms with van der Waals surface area (Å²) in [5.74, 6) is 0. The minimum atomic E-state index is -4.91. The molecule has 0 radical (unpaired) electrons. The van der Waals surface area contributed by atoms with Crippen LogP contribution in [0.2, 0.25) is 0 Å². The van der Waals surface area contributed by atoms with Crippen molar-refractivity contribution in [2.24, 2.45) is 0 Å². The molecule has 0 unspecified atom stereocenters. The fraction of sp³-hybridized carbons (Fsp3) is 0.480. The zero-order valence-electron chi connectivity index (χ0n) is 20.0. The molecule has 1 aliphatic heterocycles. The summed E-state index contributed by atoms with van der Waals surface area (Å²) in [7, 11) is 0. The molecular weight excluding hydrogens is 488 g/mol. The van der Waals surface area contributed by atoms with Crippen LogP contribution < -0.4 is 10.7 Å². The average Bonchev–Trinajstić information content (AvgIpc) is 2.79. The largest absolute Gasteiger partial charge is 0.416 e. The van der Waals surface area contributed by atoms with Gasteiger partial charge < -0.3 is 10.1 Å². The number of hydrogen-bond acceptors (Lipinski definition) is 3. The van der Waals surface area contributed by atoms with Gasteiger partial charge in [0.15, 0.2) is 0 Å². The van der Waals surface area contributed by atoms with E-state index in [2.05, 4.69) is 10.7 Å². The number of ether oxygens (including phenoxy) is 1. The Labute approximate surface area is 205 Å². The Morgan fingerprint density at radius 3 is 2.03 bits per heavy atom. The number of urea groups is 1. The Hall–Kier alpha value is -2.79. The number of amides is 2. The molecule has 2 N–H and O–H groups in total. The van der Waals surface area contributed by atoms with E-state index in [4.69, 9.17) is 4.74 Å². The predicted molar refractivity (Wildman–Crippen MR) is 122 cm³/mol. The summed E-state index contributed by atoms with van der Waals surface area (Å²) in [6.45, 7) is 4.36. The van der Waals surface area contributed by atoms with Crippen molar-refractivity contribution < 1.29 is 35.9 Å². The third-order valence-corrected chi connectivity index (χ3v) is 6.08. The van der Waals surface area contributed by atoms with Gasteiger partial charge in [0.05, 0.1) is 24.3 Å². The van der Waals surface area contributed by atoms with Crippen molar-refractivity contribution in [1.29, 1.82) is 0 Å². The molecule has 0 saturated carbocycles. The molecule has 2 amide bonds. The van der Waals surface area contributed by atoms with Crippen LogP contribution in [0.5, 0.6) is 0 Å². The Morgan fingerprint density at radius 2 is 1.53 bits per heavy atom. The zero-order chi connectivity index (χ0) is 26.6. The molecule has 3 rings (SSSR count). The first kappa shape index (κ1) is 27.8. The number of hydrogen-bond donors (Lipinski definition) is 2. The Bertz CT molecular complexity index is 984. The summed E-state index contributed by atoms with van der Waals surface area (Å²) in [4.78, 5) is 12.0. The molecular formula is C25H29F6N3O2. The lowest BCUT2D eigenvalue weighted by Crippen LogP contribution is -2.54. The first-order valence-electron chi connectivity index (χ1n) is 11.5. The molecule has 0 bridgehead atoms. The topological polar surface area (TPSA) is 53.6 Å². The quantitative estimate of drug-likeness (QED) is 0.450. The number of nitrogens with one attached hydrogen (secondary N) is 2. The normalized spacial score (nSPS) is 16.7. The molecule has 1 heterocycles. The van der Waals surface area contributed by atoms with Gasteiger partial charge in [-0.15, -0.1) is 0 Å². The second-order valence-electron chi connectivity index (χ2n) is 9.28. The highest BCUT2D eigenvalue weighted by molar-refractivity contribution is 5.73. The van der Waals surface area contributed by atoms with Gasteiger partial charge in [-0.2, -0.15) is 26.3 Å². The lowest BCUT2D eigenvalue weighted by Gasteiger charge is -2.42. The van der Waals surface area contributed by atoms with E-state index >= 15 is 0 Å². The van der Waals surface area contributed by atoms with Gasteiger partial charge in [-0.1, -0.05) is 30.3 Å². The first-order chi connectivity index (χ1) is 16.8. The van der Waals surface area contributed by atoms with Crippen LogP contribution >= 0.6 is 0 Å². The lowest BCUT2D eigenvalue weighted by atomic mass is 9.73. The van der Waals surface area contributed by atoms with Crippen molar-refractivity contribution in [3.05, 3.63) is 70.8 Å². The van der Waals surface area contributed by atoms with E-state index in [9.17, 15) is 31.1 Å². The molecule has 5 nitrogen and oxygen atoms in total. The van der Waals surface area contributed by atoms with Crippen LogP contribution in [0, 0.1) is 0 Å². The number of carbonyl (C=O) groups is 1. The SMILES string of the molecule is CC(C)NC(=O)NN1CCC(COCc2cc(C(F)(F)F)cc(C(F)(F)F)c2)(c2ccccc2)CC1. The minimum Gasteiger partial charge on any atom is -0.376 e. The fourth-order valence-electron chi connectivity index (χ4n) is 4.26. The highest BCUT2D eigenvalue weighted by Crippen LogP contribution is 2.38. The molecule has 0 atom stereocenters. The highest BCUT2D eigenvalue weighted by atomic mass is 19.4. The van der Waals surface area contributed by atoms with Gasteiger partial charge in [-0.25, -0.2) is 9.80 Å². The van der Waals surface area contributed by atoms with E-state index in [0.717, 1.165) is 5.56 Å². The number of hydrazine groups is 1. The molecule has 0 aliphatic carbocycles. The molecule has 1 fully saturated rings. The maximum atomic E-state index is 13.2. The van der Waals surface area contributed by atoms with Crippen LogP contribution in [0.4, 0.5) is 31.1 Å². The third-order valence-electron chi connectivity index (χ3n) is 6.08. The number of alkyl halides is 6. The van der Waals surface area contributed by atoms with Crippen molar-refractivity contribution in [1.82, 2.24) is 15.8 Å². The van der Waals surface area contributed by atoms with Crippen LogP contribution in [0.25, 0.3) is 0 Å². The summed E-state index contributed by atoms with van der Waals surface area (Å²) in [6.07, 6.45) is -8.70. The Kier molecular flexibility index (Phi) is 8.55. The second kappa shape index (κ2) is 11.1. The van der Waals surface area contributed by atoms with Gasteiger partial charge in [0.1, 0.15) is 0 Å². The summed E-state index contributed by atoms with van der Waals surface area (Å²) >= 11 is 0. The summed E-state index contributed by atoms with van der Waals surface area (Å²) in [5, 5.41) is 4.53. The summed E-state index contributed by atoms with van der Waals surface area (Å²) in [5.41, 5.74) is 0.295. The number of nitrogens with zero attached hydrogens (tertiary/aromatic N) is 1. The van der Waals surface area contributed by atoms with E-state index < -0.39 is 35.5 Å². The van der Waals surface area contributed by atoms with Crippen LogP contribution in [-0.4, -0.2) is 36.8 Å². The van der Waals surface area contributed by atoms with Crippen molar-refractivity contribution in [2.45, 2.75) is 57.1 Å². The third kappa shape index (κ3) is 7.36. The number of piperidine rings is 1. The zero-order valence-corrected chi connectivity index (χ0v) is 20.0. The molecule has 0 spiro atoms. The van der Waals surface area contributed by atoms with Gasteiger partial charge >= 0.3 is 18.4 Å². The van der Waals surface area contributed by atoms with E-state index in [1.54, 1.807) is 5.01 Å². The van der Waals surface area contributed by atoms with Crippen LogP contribution in [0.15, 0.2) is 48.5 Å². The van der Waals surface area contributed by atoms with Gasteiger partial charge in [0.2, 0.25) is 0 Å². The monoisotopic (exact) mass is 517 g/mol.